The van der Waals surface area contributed by atoms with Crippen molar-refractivity contribution >= 4 is 23.3 Å². The SMILES string of the molecule is CC(=C\Sc1ccccc1)/C(=N\c1ccccc1)Oc1ccccc1. The summed E-state index contributed by atoms with van der Waals surface area (Å²) in [6.07, 6.45) is 0. The quantitative estimate of drug-likeness (QED) is 0.299. The van der Waals surface area contributed by atoms with Crippen LogP contribution in [-0.2, 0) is 0 Å². The van der Waals surface area contributed by atoms with Gasteiger partial charge in [-0.2, -0.15) is 0 Å². The molecule has 3 rings (SSSR count). The minimum absolute atomic E-state index is 0.598. The van der Waals surface area contributed by atoms with Crippen LogP contribution in [0.25, 0.3) is 0 Å². The minimum Gasteiger partial charge on any atom is -0.439 e. The van der Waals surface area contributed by atoms with Gasteiger partial charge in [0.15, 0.2) is 0 Å². The maximum absolute atomic E-state index is 6.04. The van der Waals surface area contributed by atoms with Gasteiger partial charge in [-0.3, -0.25) is 0 Å². The standard InChI is InChI=1S/C22H19NOS/c1-18(17-25-21-15-9-4-10-16-21)22(23-19-11-5-2-6-12-19)24-20-13-7-3-8-14-20/h2-17H,1H3/b18-17+,23-22+. The van der Waals surface area contributed by atoms with Gasteiger partial charge in [0.05, 0.1) is 5.69 Å². The van der Waals surface area contributed by atoms with Crippen LogP contribution in [0, 0.1) is 0 Å². The third kappa shape index (κ3) is 5.37. The molecule has 3 heteroatoms. The summed E-state index contributed by atoms with van der Waals surface area (Å²) < 4.78 is 6.04. The highest BCUT2D eigenvalue weighted by atomic mass is 32.2. The Balaban J connectivity index is 1.86. The van der Waals surface area contributed by atoms with E-state index in [1.54, 1.807) is 11.8 Å². The Morgan fingerprint density at radius 2 is 1.36 bits per heavy atom. The van der Waals surface area contributed by atoms with Crippen molar-refractivity contribution in [1.29, 1.82) is 0 Å². The Kier molecular flexibility index (Phi) is 6.07. The number of benzene rings is 3. The fourth-order valence-electron chi connectivity index (χ4n) is 2.12. The lowest BCUT2D eigenvalue weighted by atomic mass is 10.3. The van der Waals surface area contributed by atoms with E-state index in [4.69, 9.17) is 4.74 Å². The summed E-state index contributed by atoms with van der Waals surface area (Å²) in [5, 5.41) is 2.07. The lowest BCUT2D eigenvalue weighted by molar-refractivity contribution is 0.551. The maximum atomic E-state index is 6.04. The first-order valence-electron chi connectivity index (χ1n) is 8.07. The van der Waals surface area contributed by atoms with E-state index in [0.717, 1.165) is 17.0 Å². The number of hydrogen-bond acceptors (Lipinski definition) is 3. The largest absolute Gasteiger partial charge is 0.439 e. The van der Waals surface area contributed by atoms with E-state index >= 15 is 0 Å². The van der Waals surface area contributed by atoms with Gasteiger partial charge in [-0.15, -0.1) is 0 Å². The molecule has 0 heterocycles. The van der Waals surface area contributed by atoms with E-state index in [1.807, 2.05) is 85.8 Å². The summed E-state index contributed by atoms with van der Waals surface area (Å²) in [7, 11) is 0. The molecule has 0 radical (unpaired) electrons. The van der Waals surface area contributed by atoms with Gasteiger partial charge in [-0.05, 0) is 48.7 Å². The number of aliphatic imine (C=N–C) groups is 1. The average molecular weight is 345 g/mol. The second kappa shape index (κ2) is 8.90. The van der Waals surface area contributed by atoms with Crippen molar-refractivity contribution < 1.29 is 4.74 Å². The summed E-state index contributed by atoms with van der Waals surface area (Å²) >= 11 is 1.66. The van der Waals surface area contributed by atoms with Crippen LogP contribution in [0.1, 0.15) is 6.92 Å². The van der Waals surface area contributed by atoms with Crippen molar-refractivity contribution in [3.05, 3.63) is 102 Å². The topological polar surface area (TPSA) is 21.6 Å². The van der Waals surface area contributed by atoms with Crippen molar-refractivity contribution in [1.82, 2.24) is 0 Å². The highest BCUT2D eigenvalue weighted by Gasteiger charge is 2.07. The first-order valence-corrected chi connectivity index (χ1v) is 8.95. The molecule has 0 unspecified atom stereocenters. The second-order valence-electron chi connectivity index (χ2n) is 5.40. The highest BCUT2D eigenvalue weighted by Crippen LogP contribution is 2.23. The average Bonchev–Trinajstić information content (AvgIpc) is 2.68. The first-order chi connectivity index (χ1) is 12.3. The molecule has 0 amide bonds. The van der Waals surface area contributed by atoms with Crippen LogP contribution < -0.4 is 4.74 Å². The Bertz CT molecular complexity index is 843. The predicted octanol–water partition coefficient (Wildman–Crippen LogP) is 6.49. The van der Waals surface area contributed by atoms with Gasteiger partial charge in [0.2, 0.25) is 5.90 Å². The number of thioether (sulfide) groups is 1. The molecule has 3 aromatic carbocycles. The van der Waals surface area contributed by atoms with Crippen molar-refractivity contribution in [2.45, 2.75) is 11.8 Å². The molecule has 0 aliphatic carbocycles. The van der Waals surface area contributed by atoms with E-state index < -0.39 is 0 Å². The maximum Gasteiger partial charge on any atom is 0.223 e. The number of hydrogen-bond donors (Lipinski definition) is 0. The van der Waals surface area contributed by atoms with Crippen LogP contribution in [0.3, 0.4) is 0 Å². The Labute approximate surface area is 152 Å². The number of para-hydroxylation sites is 2. The Morgan fingerprint density at radius 1 is 0.800 bits per heavy atom. The van der Waals surface area contributed by atoms with Crippen molar-refractivity contribution in [2.24, 2.45) is 4.99 Å². The van der Waals surface area contributed by atoms with Gasteiger partial charge >= 0.3 is 0 Å². The molecule has 124 valence electrons. The fraction of sp³-hybridized carbons (Fsp3) is 0.0455. The fourth-order valence-corrected chi connectivity index (χ4v) is 2.85. The molecular weight excluding hydrogens is 326 g/mol. The van der Waals surface area contributed by atoms with Gasteiger partial charge in [0, 0.05) is 10.5 Å². The molecule has 0 saturated heterocycles. The molecule has 2 nitrogen and oxygen atoms in total. The zero-order valence-electron chi connectivity index (χ0n) is 14.0. The van der Waals surface area contributed by atoms with Crippen LogP contribution >= 0.6 is 11.8 Å². The lowest BCUT2D eigenvalue weighted by Crippen LogP contribution is -2.09. The molecule has 0 aliphatic heterocycles. The van der Waals surface area contributed by atoms with E-state index in [1.165, 1.54) is 4.90 Å². The zero-order chi connectivity index (χ0) is 17.3. The first kappa shape index (κ1) is 17.1. The smallest absolute Gasteiger partial charge is 0.223 e. The van der Waals surface area contributed by atoms with E-state index in [0.29, 0.717) is 5.90 Å². The normalized spacial score (nSPS) is 12.0. The Hall–Kier alpha value is -2.78. The summed E-state index contributed by atoms with van der Waals surface area (Å²) in [5.41, 5.74) is 1.84. The van der Waals surface area contributed by atoms with Gasteiger partial charge in [-0.25, -0.2) is 4.99 Å². The predicted molar refractivity (Wildman–Crippen MR) is 107 cm³/mol. The third-order valence-electron chi connectivity index (χ3n) is 3.40. The summed E-state index contributed by atoms with van der Waals surface area (Å²) in [6.45, 7) is 2.01. The summed E-state index contributed by atoms with van der Waals surface area (Å²) in [6, 6.07) is 29.8. The molecule has 0 aromatic heterocycles. The summed E-state index contributed by atoms with van der Waals surface area (Å²) in [5.74, 6) is 1.37. The molecule has 0 N–H and O–H groups in total. The number of nitrogens with zero attached hydrogens (tertiary/aromatic N) is 1. The summed E-state index contributed by atoms with van der Waals surface area (Å²) in [4.78, 5) is 5.86. The molecule has 0 fully saturated rings. The van der Waals surface area contributed by atoms with Crippen LogP contribution in [0.2, 0.25) is 0 Å². The van der Waals surface area contributed by atoms with Crippen LogP contribution in [0.5, 0.6) is 5.75 Å². The molecule has 0 atom stereocenters. The van der Waals surface area contributed by atoms with Crippen LogP contribution in [0.4, 0.5) is 5.69 Å². The van der Waals surface area contributed by atoms with Gasteiger partial charge < -0.3 is 4.74 Å². The van der Waals surface area contributed by atoms with Crippen LogP contribution in [-0.4, -0.2) is 5.90 Å². The lowest BCUT2D eigenvalue weighted by Gasteiger charge is -2.10. The zero-order valence-corrected chi connectivity index (χ0v) is 14.8. The molecule has 0 spiro atoms. The molecule has 3 aromatic rings. The number of ether oxygens (including phenoxy) is 1. The van der Waals surface area contributed by atoms with Crippen molar-refractivity contribution in [3.63, 3.8) is 0 Å². The van der Waals surface area contributed by atoms with Gasteiger partial charge in [0.25, 0.3) is 0 Å². The molecule has 0 saturated carbocycles. The van der Waals surface area contributed by atoms with Crippen LogP contribution in [0.15, 0.2) is 112 Å². The van der Waals surface area contributed by atoms with Crippen molar-refractivity contribution in [3.8, 4) is 5.75 Å². The number of rotatable bonds is 5. The Morgan fingerprint density at radius 3 is 2.00 bits per heavy atom. The third-order valence-corrected chi connectivity index (χ3v) is 4.41. The van der Waals surface area contributed by atoms with Gasteiger partial charge in [0.1, 0.15) is 5.75 Å². The molecule has 0 bridgehead atoms. The van der Waals surface area contributed by atoms with E-state index in [9.17, 15) is 0 Å². The molecule has 25 heavy (non-hydrogen) atoms. The van der Waals surface area contributed by atoms with Crippen molar-refractivity contribution in [2.75, 3.05) is 0 Å². The second-order valence-corrected chi connectivity index (χ2v) is 6.34. The highest BCUT2D eigenvalue weighted by molar-refractivity contribution is 8.02. The monoisotopic (exact) mass is 345 g/mol. The minimum atomic E-state index is 0.598. The van der Waals surface area contributed by atoms with Gasteiger partial charge in [-0.1, -0.05) is 66.4 Å². The molecule has 0 aliphatic rings. The van der Waals surface area contributed by atoms with E-state index in [2.05, 4.69) is 22.5 Å². The molecular formula is C22H19NOS. The van der Waals surface area contributed by atoms with E-state index in [-0.39, 0.29) is 0 Å².